The Balaban J connectivity index is 1.75. The van der Waals surface area contributed by atoms with E-state index in [1.165, 1.54) is 16.7 Å². The van der Waals surface area contributed by atoms with Gasteiger partial charge in [0.25, 0.3) is 0 Å². The van der Waals surface area contributed by atoms with Crippen molar-refractivity contribution in [2.24, 2.45) is 5.92 Å². The molecule has 0 atom stereocenters. The Morgan fingerprint density at radius 3 is 2.28 bits per heavy atom. The third kappa shape index (κ3) is 5.47. The molecule has 2 N–H and O–H groups in total. The molecule has 0 aromatic heterocycles. The number of aliphatic hydroxyl groups is 2. The molecule has 152 valence electrons. The van der Waals surface area contributed by atoms with Crippen LogP contribution in [0.15, 0.2) is 60.7 Å². The molecule has 0 saturated heterocycles. The molecule has 0 spiro atoms. The Morgan fingerprint density at radius 2 is 1.59 bits per heavy atom. The third-order valence-corrected chi connectivity index (χ3v) is 5.10. The largest absolute Gasteiger partial charge is 0.489 e. The van der Waals surface area contributed by atoms with E-state index < -0.39 is 0 Å². The molecule has 0 aliphatic carbocycles. The Morgan fingerprint density at radius 1 is 0.828 bits per heavy atom. The predicted molar refractivity (Wildman–Crippen MR) is 118 cm³/mol. The van der Waals surface area contributed by atoms with Gasteiger partial charge in [0, 0.05) is 0 Å². The molecule has 3 aromatic carbocycles. The minimum absolute atomic E-state index is 0.0750. The van der Waals surface area contributed by atoms with E-state index in [4.69, 9.17) is 4.74 Å². The van der Waals surface area contributed by atoms with Crippen molar-refractivity contribution >= 4 is 0 Å². The van der Waals surface area contributed by atoms with Crippen LogP contribution in [0.3, 0.4) is 0 Å². The summed E-state index contributed by atoms with van der Waals surface area (Å²) in [4.78, 5) is 0. The van der Waals surface area contributed by atoms with Crippen molar-refractivity contribution in [2.75, 3.05) is 0 Å². The molecule has 0 aliphatic rings. The summed E-state index contributed by atoms with van der Waals surface area (Å²) >= 11 is 0. The van der Waals surface area contributed by atoms with Crippen molar-refractivity contribution in [2.45, 2.75) is 47.0 Å². The van der Waals surface area contributed by atoms with Crippen LogP contribution in [-0.2, 0) is 26.2 Å². The average molecular weight is 391 g/mol. The van der Waals surface area contributed by atoms with Gasteiger partial charge in [-0.05, 0) is 76.4 Å². The molecule has 0 fully saturated rings. The van der Waals surface area contributed by atoms with Crippen molar-refractivity contribution in [3.8, 4) is 16.9 Å². The first-order valence-electron chi connectivity index (χ1n) is 10.1. The summed E-state index contributed by atoms with van der Waals surface area (Å²) in [6.07, 6.45) is 1.09. The maximum atomic E-state index is 9.46. The maximum absolute atomic E-state index is 9.46. The zero-order valence-electron chi connectivity index (χ0n) is 17.5. The van der Waals surface area contributed by atoms with E-state index in [-0.39, 0.29) is 13.2 Å². The van der Waals surface area contributed by atoms with Crippen LogP contribution in [-0.4, -0.2) is 10.2 Å². The van der Waals surface area contributed by atoms with E-state index >= 15 is 0 Å². The van der Waals surface area contributed by atoms with Crippen LogP contribution in [0.2, 0.25) is 0 Å². The fourth-order valence-corrected chi connectivity index (χ4v) is 3.64. The molecule has 3 aromatic rings. The van der Waals surface area contributed by atoms with E-state index in [1.807, 2.05) is 30.3 Å². The van der Waals surface area contributed by atoms with Gasteiger partial charge in [0.05, 0.1) is 13.2 Å². The number of hydrogen-bond donors (Lipinski definition) is 2. The Hall–Kier alpha value is -2.62. The van der Waals surface area contributed by atoms with Crippen LogP contribution in [0, 0.1) is 12.8 Å². The summed E-state index contributed by atoms with van der Waals surface area (Å²) in [5.74, 6) is 1.46. The van der Waals surface area contributed by atoms with E-state index in [1.54, 1.807) is 0 Å². The van der Waals surface area contributed by atoms with Crippen molar-refractivity contribution in [3.05, 3.63) is 88.5 Å². The number of hydrogen-bond acceptors (Lipinski definition) is 3. The van der Waals surface area contributed by atoms with Crippen molar-refractivity contribution in [1.82, 2.24) is 0 Å². The molecule has 0 bridgehead atoms. The molecular weight excluding hydrogens is 360 g/mol. The second-order valence-corrected chi connectivity index (χ2v) is 7.98. The van der Waals surface area contributed by atoms with Crippen LogP contribution in [0.1, 0.15) is 41.7 Å². The van der Waals surface area contributed by atoms with Gasteiger partial charge >= 0.3 is 0 Å². The topological polar surface area (TPSA) is 49.7 Å². The highest BCUT2D eigenvalue weighted by Crippen LogP contribution is 2.28. The molecule has 0 saturated carbocycles. The minimum Gasteiger partial charge on any atom is -0.489 e. The molecular formula is C26H30O3. The summed E-state index contributed by atoms with van der Waals surface area (Å²) in [5.41, 5.74) is 7.45. The van der Waals surface area contributed by atoms with Crippen LogP contribution >= 0.6 is 0 Å². The second kappa shape index (κ2) is 9.73. The van der Waals surface area contributed by atoms with Gasteiger partial charge in [-0.2, -0.15) is 0 Å². The van der Waals surface area contributed by atoms with Gasteiger partial charge in [-0.3, -0.25) is 0 Å². The van der Waals surface area contributed by atoms with E-state index in [0.717, 1.165) is 34.4 Å². The molecule has 0 radical (unpaired) electrons. The summed E-state index contributed by atoms with van der Waals surface area (Å²) < 4.78 is 6.00. The summed E-state index contributed by atoms with van der Waals surface area (Å²) in [6, 6.07) is 20.5. The molecule has 3 rings (SSSR count). The zero-order chi connectivity index (χ0) is 20.8. The van der Waals surface area contributed by atoms with Crippen molar-refractivity contribution < 1.29 is 14.9 Å². The lowest BCUT2D eigenvalue weighted by Crippen LogP contribution is -2.00. The van der Waals surface area contributed by atoms with Crippen molar-refractivity contribution in [1.29, 1.82) is 0 Å². The Bertz CT molecular complexity index is 960. The van der Waals surface area contributed by atoms with Gasteiger partial charge in [-0.1, -0.05) is 56.3 Å². The number of benzene rings is 3. The van der Waals surface area contributed by atoms with Crippen LogP contribution in [0.4, 0.5) is 0 Å². The van der Waals surface area contributed by atoms with Crippen LogP contribution in [0.25, 0.3) is 11.1 Å². The van der Waals surface area contributed by atoms with E-state index in [9.17, 15) is 10.2 Å². The molecule has 3 nitrogen and oxygen atoms in total. The van der Waals surface area contributed by atoms with Gasteiger partial charge in [-0.15, -0.1) is 0 Å². The van der Waals surface area contributed by atoms with E-state index in [0.29, 0.717) is 12.5 Å². The molecule has 3 heteroatoms. The Kier molecular flexibility index (Phi) is 7.08. The van der Waals surface area contributed by atoms with Crippen LogP contribution in [0.5, 0.6) is 5.75 Å². The first-order valence-corrected chi connectivity index (χ1v) is 10.1. The number of aliphatic hydroxyl groups excluding tert-OH is 2. The van der Waals surface area contributed by atoms with E-state index in [2.05, 4.69) is 51.1 Å². The summed E-state index contributed by atoms with van der Waals surface area (Å²) in [5, 5.41) is 18.8. The average Bonchev–Trinajstić information content (AvgIpc) is 2.72. The molecule has 0 heterocycles. The van der Waals surface area contributed by atoms with Gasteiger partial charge in [0.1, 0.15) is 12.4 Å². The second-order valence-electron chi connectivity index (χ2n) is 7.98. The van der Waals surface area contributed by atoms with Gasteiger partial charge in [0.2, 0.25) is 0 Å². The monoisotopic (exact) mass is 390 g/mol. The van der Waals surface area contributed by atoms with Gasteiger partial charge < -0.3 is 14.9 Å². The summed E-state index contributed by atoms with van der Waals surface area (Å²) in [6.45, 7) is 6.88. The lowest BCUT2D eigenvalue weighted by atomic mass is 9.95. The first-order chi connectivity index (χ1) is 14.0. The fraction of sp³-hybridized carbons (Fsp3) is 0.308. The first kappa shape index (κ1) is 21.1. The highest BCUT2D eigenvalue weighted by Gasteiger charge is 2.07. The molecule has 0 amide bonds. The minimum atomic E-state index is -0.0920. The number of rotatable bonds is 8. The SMILES string of the molecule is Cc1cc(CC(C)C)ccc1-c1cccc(OCc2ccc(CO)c(CO)c2)c1. The quantitative estimate of drug-likeness (QED) is 0.540. The van der Waals surface area contributed by atoms with Gasteiger partial charge in [0.15, 0.2) is 0 Å². The Labute approximate surface area is 173 Å². The zero-order valence-corrected chi connectivity index (χ0v) is 17.5. The normalized spacial score (nSPS) is 11.1. The molecule has 0 aliphatic heterocycles. The standard InChI is InChI=1S/C26H30O3/c1-18(2)11-20-8-10-26(19(3)12-20)22-5-4-6-25(14-22)29-17-21-7-9-23(15-27)24(13-21)16-28/h4-10,12-14,18,27-28H,11,15-17H2,1-3H3. The van der Waals surface area contributed by atoms with Crippen molar-refractivity contribution in [3.63, 3.8) is 0 Å². The lowest BCUT2D eigenvalue weighted by Gasteiger charge is -2.13. The maximum Gasteiger partial charge on any atom is 0.120 e. The molecule has 0 unspecified atom stereocenters. The van der Waals surface area contributed by atoms with Gasteiger partial charge in [-0.25, -0.2) is 0 Å². The van der Waals surface area contributed by atoms with Crippen LogP contribution < -0.4 is 4.74 Å². The fourth-order valence-electron chi connectivity index (χ4n) is 3.64. The number of aryl methyl sites for hydroxylation is 1. The lowest BCUT2D eigenvalue weighted by molar-refractivity contribution is 0.259. The predicted octanol–water partition coefficient (Wildman–Crippen LogP) is 5.42. The highest BCUT2D eigenvalue weighted by atomic mass is 16.5. The highest BCUT2D eigenvalue weighted by molar-refractivity contribution is 5.69. The molecule has 29 heavy (non-hydrogen) atoms. The number of ether oxygens (including phenoxy) is 1. The smallest absolute Gasteiger partial charge is 0.120 e. The summed E-state index contributed by atoms with van der Waals surface area (Å²) in [7, 11) is 0. The third-order valence-electron chi connectivity index (χ3n) is 5.10.